The molecule has 0 aliphatic heterocycles. The van der Waals surface area contributed by atoms with E-state index >= 15 is 0 Å². The highest BCUT2D eigenvalue weighted by Gasteiger charge is 2.15. The van der Waals surface area contributed by atoms with Crippen LogP contribution in [-0.2, 0) is 9.59 Å². The molecule has 0 unspecified atom stereocenters. The maximum absolute atomic E-state index is 13.2. The van der Waals surface area contributed by atoms with Crippen molar-refractivity contribution in [2.45, 2.75) is 4.90 Å². The van der Waals surface area contributed by atoms with E-state index in [-0.39, 0.29) is 11.4 Å². The Balaban J connectivity index is 1.79. The van der Waals surface area contributed by atoms with Gasteiger partial charge in [-0.2, -0.15) is 0 Å². The van der Waals surface area contributed by atoms with Gasteiger partial charge in [-0.25, -0.2) is 4.39 Å². The second-order valence-electron chi connectivity index (χ2n) is 6.66. The highest BCUT2D eigenvalue weighted by atomic mass is 32.2. The lowest BCUT2D eigenvalue weighted by Gasteiger charge is -2.12. The molecule has 3 rings (SSSR count). The largest absolute Gasteiger partial charge is 0.369 e. The number of thioether (sulfide) groups is 1. The Hall–Kier alpha value is -3.91. The summed E-state index contributed by atoms with van der Waals surface area (Å²) in [6.45, 7) is 0. The van der Waals surface area contributed by atoms with Gasteiger partial charge in [-0.15, -0.1) is 11.8 Å². The van der Waals surface area contributed by atoms with Crippen LogP contribution in [0, 0.1) is 5.82 Å². The van der Waals surface area contributed by atoms with E-state index in [0.717, 1.165) is 4.90 Å². The number of primary amides is 1. The van der Waals surface area contributed by atoms with Gasteiger partial charge in [-0.1, -0.05) is 30.3 Å². The van der Waals surface area contributed by atoms with Gasteiger partial charge < -0.3 is 16.4 Å². The summed E-state index contributed by atoms with van der Waals surface area (Å²) >= 11 is 1.29. The van der Waals surface area contributed by atoms with E-state index in [9.17, 15) is 18.8 Å². The Kier molecular flexibility index (Phi) is 7.77. The minimum Gasteiger partial charge on any atom is -0.369 e. The summed E-state index contributed by atoms with van der Waals surface area (Å²) in [5, 5.41) is 5.35. The zero-order valence-electron chi connectivity index (χ0n) is 16.9. The van der Waals surface area contributed by atoms with Gasteiger partial charge >= 0.3 is 0 Å². The first-order chi connectivity index (χ1) is 15.4. The molecule has 0 spiro atoms. The van der Waals surface area contributed by atoms with Crippen LogP contribution in [0.2, 0.25) is 0 Å². The molecular weight excluding hydrogens is 429 g/mol. The molecular formula is C24H20FN3O3S. The second-order valence-corrected chi connectivity index (χ2v) is 7.71. The standard InChI is InChI=1S/C24H20FN3O3S/c25-18-8-6-16(7-9-18)14-21(28-23(30)17-4-2-1-3-5-17)24(31)27-19-10-12-20(13-11-19)32-15-22(26)29/h1-14H,15H2,(H2,26,29)(H,27,31)(H,28,30)/b21-14-. The minimum absolute atomic E-state index is 0.00218. The van der Waals surface area contributed by atoms with Crippen molar-refractivity contribution in [3.8, 4) is 0 Å². The molecule has 0 radical (unpaired) electrons. The number of halogens is 1. The summed E-state index contributed by atoms with van der Waals surface area (Å²) in [7, 11) is 0. The lowest BCUT2D eigenvalue weighted by Crippen LogP contribution is -2.30. The fraction of sp³-hybridized carbons (Fsp3) is 0.0417. The Bertz CT molecular complexity index is 1130. The quantitative estimate of drug-likeness (QED) is 0.360. The average Bonchev–Trinajstić information content (AvgIpc) is 2.80. The highest BCUT2D eigenvalue weighted by molar-refractivity contribution is 8.00. The van der Waals surface area contributed by atoms with Gasteiger partial charge in [0.25, 0.3) is 11.8 Å². The molecule has 3 aromatic rings. The number of carbonyl (C=O) groups is 3. The van der Waals surface area contributed by atoms with Gasteiger partial charge in [-0.3, -0.25) is 14.4 Å². The zero-order chi connectivity index (χ0) is 22.9. The third kappa shape index (κ3) is 6.82. The number of anilines is 1. The summed E-state index contributed by atoms with van der Waals surface area (Å²) < 4.78 is 13.2. The van der Waals surface area contributed by atoms with Crippen LogP contribution in [0.3, 0.4) is 0 Å². The molecule has 0 fully saturated rings. The summed E-state index contributed by atoms with van der Waals surface area (Å²) in [6, 6.07) is 20.9. The van der Waals surface area contributed by atoms with Crippen LogP contribution < -0.4 is 16.4 Å². The van der Waals surface area contributed by atoms with Crippen LogP contribution >= 0.6 is 11.8 Å². The average molecular weight is 450 g/mol. The fourth-order valence-electron chi connectivity index (χ4n) is 2.66. The predicted octanol–water partition coefficient (Wildman–Crippen LogP) is 3.81. The molecule has 0 heterocycles. The zero-order valence-corrected chi connectivity index (χ0v) is 17.7. The topological polar surface area (TPSA) is 101 Å². The van der Waals surface area contributed by atoms with Crippen LogP contribution in [-0.4, -0.2) is 23.5 Å². The number of hydrogen-bond acceptors (Lipinski definition) is 4. The lowest BCUT2D eigenvalue weighted by atomic mass is 10.1. The van der Waals surface area contributed by atoms with E-state index < -0.39 is 23.5 Å². The first-order valence-corrected chi connectivity index (χ1v) is 10.6. The van der Waals surface area contributed by atoms with Gasteiger partial charge in [0, 0.05) is 16.1 Å². The molecule has 3 aromatic carbocycles. The summed E-state index contributed by atoms with van der Waals surface area (Å²) in [4.78, 5) is 37.2. The molecule has 0 aromatic heterocycles. The van der Waals surface area contributed by atoms with Crippen molar-refractivity contribution in [2.75, 3.05) is 11.1 Å². The second kappa shape index (κ2) is 10.9. The van der Waals surface area contributed by atoms with Crippen molar-refractivity contribution in [3.63, 3.8) is 0 Å². The number of hydrogen-bond donors (Lipinski definition) is 3. The van der Waals surface area contributed by atoms with E-state index in [4.69, 9.17) is 5.73 Å². The van der Waals surface area contributed by atoms with E-state index in [1.807, 2.05) is 0 Å². The third-order valence-electron chi connectivity index (χ3n) is 4.20. The van der Waals surface area contributed by atoms with Gasteiger partial charge in [0.1, 0.15) is 11.5 Å². The first-order valence-electron chi connectivity index (χ1n) is 9.57. The molecule has 8 heteroatoms. The lowest BCUT2D eigenvalue weighted by molar-refractivity contribution is -0.115. The molecule has 0 saturated heterocycles. The number of amides is 3. The van der Waals surface area contributed by atoms with Gasteiger partial charge in [0.05, 0.1) is 5.75 Å². The van der Waals surface area contributed by atoms with E-state index in [1.165, 1.54) is 42.1 Å². The number of nitrogens with two attached hydrogens (primary N) is 1. The molecule has 0 aliphatic carbocycles. The SMILES string of the molecule is NC(=O)CSc1ccc(NC(=O)/C(=C/c2ccc(F)cc2)NC(=O)c2ccccc2)cc1. The maximum atomic E-state index is 13.2. The van der Waals surface area contributed by atoms with Gasteiger partial charge in [-0.05, 0) is 60.2 Å². The molecule has 0 saturated carbocycles. The van der Waals surface area contributed by atoms with Gasteiger partial charge in [0.15, 0.2) is 0 Å². The molecule has 4 N–H and O–H groups in total. The van der Waals surface area contributed by atoms with Crippen molar-refractivity contribution < 1.29 is 18.8 Å². The molecule has 3 amide bonds. The van der Waals surface area contributed by atoms with Crippen LogP contribution in [0.4, 0.5) is 10.1 Å². The number of benzene rings is 3. The third-order valence-corrected chi connectivity index (χ3v) is 5.24. The van der Waals surface area contributed by atoms with Crippen molar-refractivity contribution >= 4 is 41.2 Å². The van der Waals surface area contributed by atoms with Crippen molar-refractivity contribution in [1.82, 2.24) is 5.32 Å². The highest BCUT2D eigenvalue weighted by Crippen LogP contribution is 2.20. The van der Waals surface area contributed by atoms with Crippen molar-refractivity contribution in [3.05, 3.63) is 102 Å². The minimum atomic E-state index is -0.545. The summed E-state index contributed by atoms with van der Waals surface area (Å²) in [6.07, 6.45) is 1.46. The molecule has 0 aliphatic rings. The smallest absolute Gasteiger partial charge is 0.272 e. The Morgan fingerprint density at radius 3 is 2.19 bits per heavy atom. The molecule has 6 nitrogen and oxygen atoms in total. The summed E-state index contributed by atoms with van der Waals surface area (Å²) in [5.74, 6) is -1.67. The number of rotatable bonds is 8. The Morgan fingerprint density at radius 2 is 1.56 bits per heavy atom. The van der Waals surface area contributed by atoms with Crippen LogP contribution in [0.15, 0.2) is 89.5 Å². The van der Waals surface area contributed by atoms with Crippen molar-refractivity contribution in [2.24, 2.45) is 5.73 Å². The Labute approximate surface area is 188 Å². The van der Waals surface area contributed by atoms with Crippen molar-refractivity contribution in [1.29, 1.82) is 0 Å². The Morgan fingerprint density at radius 1 is 0.906 bits per heavy atom. The fourth-order valence-corrected chi connectivity index (χ4v) is 3.29. The molecule has 162 valence electrons. The van der Waals surface area contributed by atoms with Crippen LogP contribution in [0.25, 0.3) is 6.08 Å². The van der Waals surface area contributed by atoms with E-state index in [1.54, 1.807) is 54.6 Å². The predicted molar refractivity (Wildman–Crippen MR) is 123 cm³/mol. The van der Waals surface area contributed by atoms with Gasteiger partial charge in [0.2, 0.25) is 5.91 Å². The molecule has 0 bridgehead atoms. The monoisotopic (exact) mass is 449 g/mol. The van der Waals surface area contributed by atoms with Crippen LogP contribution in [0.1, 0.15) is 15.9 Å². The number of nitrogens with one attached hydrogen (secondary N) is 2. The number of carbonyl (C=O) groups excluding carboxylic acids is 3. The van der Waals surface area contributed by atoms with E-state index in [2.05, 4.69) is 10.6 Å². The molecule has 32 heavy (non-hydrogen) atoms. The first kappa shape index (κ1) is 22.8. The summed E-state index contributed by atoms with van der Waals surface area (Å²) in [5.41, 5.74) is 6.57. The molecule has 0 atom stereocenters. The normalized spacial score (nSPS) is 11.0. The van der Waals surface area contributed by atoms with Crippen LogP contribution in [0.5, 0.6) is 0 Å². The maximum Gasteiger partial charge on any atom is 0.272 e. The van der Waals surface area contributed by atoms with E-state index in [0.29, 0.717) is 16.8 Å².